The lowest BCUT2D eigenvalue weighted by Crippen LogP contribution is -2.12. The Morgan fingerprint density at radius 2 is 1.72 bits per heavy atom. The van der Waals surface area contributed by atoms with E-state index in [9.17, 15) is 0 Å². The Morgan fingerprint density at radius 3 is 2.39 bits per heavy atom. The molecule has 2 rings (SSSR count). The molecule has 2 heteroatoms. The van der Waals surface area contributed by atoms with Crippen molar-refractivity contribution in [2.45, 2.75) is 20.0 Å². The highest BCUT2D eigenvalue weighted by Gasteiger charge is 1.95. The molecule has 2 aromatic carbocycles. The van der Waals surface area contributed by atoms with Crippen LogP contribution in [0.1, 0.15) is 22.3 Å². The Hall–Kier alpha value is -2.11. The molecule has 1 N–H and O–H groups in total. The zero-order valence-electron chi connectivity index (χ0n) is 10.5. The van der Waals surface area contributed by atoms with E-state index in [2.05, 4.69) is 42.6 Å². The summed E-state index contributed by atoms with van der Waals surface area (Å²) in [5.74, 6) is 0. The van der Waals surface area contributed by atoms with Gasteiger partial charge in [-0.15, -0.1) is 0 Å². The van der Waals surface area contributed by atoms with Crippen molar-refractivity contribution in [1.82, 2.24) is 5.32 Å². The summed E-state index contributed by atoms with van der Waals surface area (Å²) in [5.41, 5.74) is 4.48. The van der Waals surface area contributed by atoms with Crippen molar-refractivity contribution in [3.05, 3.63) is 70.8 Å². The third-order valence-corrected chi connectivity index (χ3v) is 2.82. The Bertz CT molecular complexity index is 550. The van der Waals surface area contributed by atoms with Gasteiger partial charge in [0, 0.05) is 13.1 Å². The first kappa shape index (κ1) is 12.3. The Morgan fingerprint density at radius 1 is 1.00 bits per heavy atom. The first-order chi connectivity index (χ1) is 8.78. The standard InChI is InChI=1S/C16H16N2/c1-13-3-2-4-16(9-13)12-18-11-15-7-5-14(10-17)6-8-15/h2-9,18H,11-12H2,1H3. The van der Waals surface area contributed by atoms with Gasteiger partial charge in [-0.25, -0.2) is 0 Å². The molecule has 18 heavy (non-hydrogen) atoms. The van der Waals surface area contributed by atoms with Crippen LogP contribution >= 0.6 is 0 Å². The smallest absolute Gasteiger partial charge is 0.0991 e. The van der Waals surface area contributed by atoms with E-state index in [1.54, 1.807) is 0 Å². The highest BCUT2D eigenvalue weighted by molar-refractivity contribution is 5.31. The number of nitriles is 1. The maximum atomic E-state index is 8.71. The van der Waals surface area contributed by atoms with Crippen molar-refractivity contribution < 1.29 is 0 Å². The van der Waals surface area contributed by atoms with Crippen LogP contribution in [0.3, 0.4) is 0 Å². The predicted molar refractivity (Wildman–Crippen MR) is 72.9 cm³/mol. The summed E-state index contributed by atoms with van der Waals surface area (Å²) in [5, 5.41) is 12.1. The molecule has 0 aliphatic heterocycles. The van der Waals surface area contributed by atoms with Crippen molar-refractivity contribution in [2.75, 3.05) is 0 Å². The molecular formula is C16H16N2. The van der Waals surface area contributed by atoms with E-state index in [1.165, 1.54) is 16.7 Å². The van der Waals surface area contributed by atoms with Crippen LogP contribution in [0, 0.1) is 18.3 Å². The number of nitrogens with zero attached hydrogens (tertiary/aromatic N) is 1. The van der Waals surface area contributed by atoms with Gasteiger partial charge in [-0.2, -0.15) is 5.26 Å². The predicted octanol–water partition coefficient (Wildman–Crippen LogP) is 3.16. The summed E-state index contributed by atoms with van der Waals surface area (Å²) < 4.78 is 0. The fourth-order valence-electron chi connectivity index (χ4n) is 1.87. The van der Waals surface area contributed by atoms with Crippen LogP contribution in [0.2, 0.25) is 0 Å². The zero-order valence-corrected chi connectivity index (χ0v) is 10.5. The highest BCUT2D eigenvalue weighted by atomic mass is 14.8. The quantitative estimate of drug-likeness (QED) is 0.885. The van der Waals surface area contributed by atoms with Gasteiger partial charge in [0.15, 0.2) is 0 Å². The molecule has 0 radical (unpaired) electrons. The van der Waals surface area contributed by atoms with Crippen molar-refractivity contribution in [3.8, 4) is 6.07 Å². The van der Waals surface area contributed by atoms with E-state index in [0.29, 0.717) is 5.56 Å². The van der Waals surface area contributed by atoms with E-state index in [1.807, 2.05) is 24.3 Å². The van der Waals surface area contributed by atoms with Gasteiger partial charge < -0.3 is 5.32 Å². The van der Waals surface area contributed by atoms with Crippen LogP contribution in [-0.2, 0) is 13.1 Å². The van der Waals surface area contributed by atoms with Crippen LogP contribution in [0.5, 0.6) is 0 Å². The summed E-state index contributed by atoms with van der Waals surface area (Å²) in [7, 11) is 0. The number of nitrogens with one attached hydrogen (secondary N) is 1. The van der Waals surface area contributed by atoms with Gasteiger partial charge in [-0.1, -0.05) is 42.0 Å². The number of aryl methyl sites for hydroxylation is 1. The van der Waals surface area contributed by atoms with Gasteiger partial charge in [-0.05, 0) is 30.2 Å². The Balaban J connectivity index is 1.86. The lowest BCUT2D eigenvalue weighted by molar-refractivity contribution is 0.693. The average molecular weight is 236 g/mol. The molecule has 0 aromatic heterocycles. The monoisotopic (exact) mass is 236 g/mol. The van der Waals surface area contributed by atoms with Gasteiger partial charge >= 0.3 is 0 Å². The maximum Gasteiger partial charge on any atom is 0.0991 e. The first-order valence-corrected chi connectivity index (χ1v) is 6.03. The van der Waals surface area contributed by atoms with Crippen LogP contribution in [-0.4, -0.2) is 0 Å². The maximum absolute atomic E-state index is 8.71. The molecule has 0 saturated carbocycles. The van der Waals surface area contributed by atoms with Crippen LogP contribution in [0.15, 0.2) is 48.5 Å². The summed E-state index contributed by atoms with van der Waals surface area (Å²) >= 11 is 0. The molecule has 0 saturated heterocycles. The van der Waals surface area contributed by atoms with Crippen molar-refractivity contribution >= 4 is 0 Å². The van der Waals surface area contributed by atoms with Gasteiger partial charge in [-0.3, -0.25) is 0 Å². The van der Waals surface area contributed by atoms with Gasteiger partial charge in [0.25, 0.3) is 0 Å². The van der Waals surface area contributed by atoms with Crippen LogP contribution < -0.4 is 5.32 Å². The summed E-state index contributed by atoms with van der Waals surface area (Å²) in [6, 6.07) is 18.3. The summed E-state index contributed by atoms with van der Waals surface area (Å²) in [6.07, 6.45) is 0. The minimum absolute atomic E-state index is 0.706. The second-order valence-electron chi connectivity index (χ2n) is 4.40. The zero-order chi connectivity index (χ0) is 12.8. The van der Waals surface area contributed by atoms with E-state index in [0.717, 1.165) is 13.1 Å². The molecule has 0 aliphatic rings. The SMILES string of the molecule is Cc1cccc(CNCc2ccc(C#N)cc2)c1. The van der Waals surface area contributed by atoms with Crippen molar-refractivity contribution in [1.29, 1.82) is 5.26 Å². The number of benzene rings is 2. The number of hydrogen-bond donors (Lipinski definition) is 1. The van der Waals surface area contributed by atoms with Gasteiger partial charge in [0.05, 0.1) is 11.6 Å². The minimum Gasteiger partial charge on any atom is -0.309 e. The van der Waals surface area contributed by atoms with E-state index >= 15 is 0 Å². The van der Waals surface area contributed by atoms with Gasteiger partial charge in [0.1, 0.15) is 0 Å². The largest absolute Gasteiger partial charge is 0.309 e. The molecule has 0 heterocycles. The van der Waals surface area contributed by atoms with E-state index in [4.69, 9.17) is 5.26 Å². The fourth-order valence-corrected chi connectivity index (χ4v) is 1.87. The lowest BCUT2D eigenvalue weighted by Gasteiger charge is -2.06. The molecule has 0 unspecified atom stereocenters. The summed E-state index contributed by atoms with van der Waals surface area (Å²) in [4.78, 5) is 0. The molecule has 0 bridgehead atoms. The number of rotatable bonds is 4. The molecule has 0 aliphatic carbocycles. The molecular weight excluding hydrogens is 220 g/mol. The third kappa shape index (κ3) is 3.44. The van der Waals surface area contributed by atoms with E-state index < -0.39 is 0 Å². The Kier molecular flexibility index (Phi) is 4.11. The topological polar surface area (TPSA) is 35.8 Å². The molecule has 0 atom stereocenters. The average Bonchev–Trinajstić information content (AvgIpc) is 2.40. The van der Waals surface area contributed by atoms with Crippen molar-refractivity contribution in [3.63, 3.8) is 0 Å². The second-order valence-corrected chi connectivity index (χ2v) is 4.40. The highest BCUT2D eigenvalue weighted by Crippen LogP contribution is 2.05. The number of hydrogen-bond acceptors (Lipinski definition) is 2. The molecule has 2 nitrogen and oxygen atoms in total. The molecule has 0 fully saturated rings. The molecule has 2 aromatic rings. The first-order valence-electron chi connectivity index (χ1n) is 6.03. The molecule has 0 spiro atoms. The van der Waals surface area contributed by atoms with E-state index in [-0.39, 0.29) is 0 Å². The minimum atomic E-state index is 0.706. The van der Waals surface area contributed by atoms with Crippen molar-refractivity contribution in [2.24, 2.45) is 0 Å². The van der Waals surface area contributed by atoms with Gasteiger partial charge in [0.2, 0.25) is 0 Å². The lowest BCUT2D eigenvalue weighted by atomic mass is 10.1. The van der Waals surface area contributed by atoms with Crippen LogP contribution in [0.25, 0.3) is 0 Å². The second kappa shape index (κ2) is 6.00. The molecule has 90 valence electrons. The molecule has 0 amide bonds. The van der Waals surface area contributed by atoms with Crippen LogP contribution in [0.4, 0.5) is 0 Å². The fraction of sp³-hybridized carbons (Fsp3) is 0.188. The Labute approximate surface area is 108 Å². The third-order valence-electron chi connectivity index (χ3n) is 2.82. The summed E-state index contributed by atoms with van der Waals surface area (Å²) in [6.45, 7) is 3.78. The normalized spacial score (nSPS) is 10.0.